The average Bonchev–Trinajstić information content (AvgIpc) is 3.15. The van der Waals surface area contributed by atoms with Gasteiger partial charge in [0.25, 0.3) is 0 Å². The van der Waals surface area contributed by atoms with Gasteiger partial charge in [0.15, 0.2) is 0 Å². The van der Waals surface area contributed by atoms with E-state index in [1.807, 2.05) is 54.6 Å². The number of hydrogen-bond acceptors (Lipinski definition) is 3. The van der Waals surface area contributed by atoms with Gasteiger partial charge < -0.3 is 9.72 Å². The van der Waals surface area contributed by atoms with Gasteiger partial charge in [-0.05, 0) is 55.3 Å². The number of allylic oxidation sites excluding steroid dienone is 1. The molecular formula is C25H20ClN3O. The number of H-pyrrole nitrogens is 1. The molecule has 0 aliphatic carbocycles. The highest BCUT2D eigenvalue weighted by molar-refractivity contribution is 6.31. The summed E-state index contributed by atoms with van der Waals surface area (Å²) in [5.41, 5.74) is 6.25. The van der Waals surface area contributed by atoms with E-state index in [0.29, 0.717) is 28.8 Å². The number of imidazole rings is 1. The topological polar surface area (TPSA) is 61.7 Å². The highest BCUT2D eigenvalue weighted by Gasteiger charge is 2.11. The van der Waals surface area contributed by atoms with E-state index < -0.39 is 0 Å². The smallest absolute Gasteiger partial charge is 0.149 e. The number of fused-ring (bicyclic) bond motifs is 1. The number of aromatic nitrogens is 2. The lowest BCUT2D eigenvalue weighted by Crippen LogP contribution is -1.98. The number of ether oxygens (including phenoxy) is 1. The molecule has 0 amide bonds. The summed E-state index contributed by atoms with van der Waals surface area (Å²) in [6, 6.07) is 21.5. The van der Waals surface area contributed by atoms with Gasteiger partial charge in [-0.15, -0.1) is 0 Å². The first-order chi connectivity index (χ1) is 14.5. The maximum absolute atomic E-state index is 9.77. The molecule has 0 atom stereocenters. The van der Waals surface area contributed by atoms with Gasteiger partial charge in [-0.1, -0.05) is 48.0 Å². The Bertz CT molecular complexity index is 1260. The normalized spacial score (nSPS) is 11.5. The van der Waals surface area contributed by atoms with Gasteiger partial charge in [0.1, 0.15) is 24.3 Å². The van der Waals surface area contributed by atoms with Crippen molar-refractivity contribution >= 4 is 34.3 Å². The summed E-state index contributed by atoms with van der Waals surface area (Å²) in [6.07, 6.45) is 1.79. The van der Waals surface area contributed by atoms with Crippen LogP contribution in [0, 0.1) is 25.2 Å². The molecule has 0 unspecified atom stereocenters. The molecule has 1 aromatic heterocycles. The monoisotopic (exact) mass is 413 g/mol. The summed E-state index contributed by atoms with van der Waals surface area (Å²) >= 11 is 6.23. The molecule has 1 N–H and O–H groups in total. The van der Waals surface area contributed by atoms with Crippen LogP contribution in [0.3, 0.4) is 0 Å². The standard InChI is InChI=1S/C25H20ClN3O/c1-16-11-22-23(12-17(16)2)29-25(28-22)20(14-27)13-18-7-4-6-10-24(18)30-15-19-8-3-5-9-21(19)26/h3-13H,15H2,1-2H3,(H,28,29)/b20-13+. The molecule has 0 saturated carbocycles. The van der Waals surface area contributed by atoms with Gasteiger partial charge in [-0.2, -0.15) is 5.26 Å². The van der Waals surface area contributed by atoms with Crippen LogP contribution in [-0.4, -0.2) is 9.97 Å². The van der Waals surface area contributed by atoms with Crippen molar-refractivity contribution in [2.75, 3.05) is 0 Å². The third-order valence-electron chi connectivity index (χ3n) is 5.03. The number of benzene rings is 3. The molecule has 4 aromatic rings. The first kappa shape index (κ1) is 19.8. The van der Waals surface area contributed by atoms with Crippen LogP contribution in [0.25, 0.3) is 22.7 Å². The maximum Gasteiger partial charge on any atom is 0.149 e. The van der Waals surface area contributed by atoms with Crippen molar-refractivity contribution in [3.8, 4) is 11.8 Å². The Hall–Kier alpha value is -3.55. The number of nitrogens with zero attached hydrogens (tertiary/aromatic N) is 2. The lowest BCUT2D eigenvalue weighted by atomic mass is 10.1. The van der Waals surface area contributed by atoms with E-state index >= 15 is 0 Å². The summed E-state index contributed by atoms with van der Waals surface area (Å²) in [5.74, 6) is 1.21. The van der Waals surface area contributed by atoms with E-state index in [4.69, 9.17) is 16.3 Å². The predicted molar refractivity (Wildman–Crippen MR) is 121 cm³/mol. The Balaban J connectivity index is 1.66. The minimum Gasteiger partial charge on any atom is -0.488 e. The minimum absolute atomic E-state index is 0.343. The second-order valence-corrected chi connectivity index (χ2v) is 7.53. The van der Waals surface area contributed by atoms with E-state index in [9.17, 15) is 5.26 Å². The van der Waals surface area contributed by atoms with Crippen LogP contribution in [0.5, 0.6) is 5.75 Å². The Morgan fingerprint density at radius 3 is 2.63 bits per heavy atom. The molecule has 30 heavy (non-hydrogen) atoms. The van der Waals surface area contributed by atoms with Crippen LogP contribution in [0.15, 0.2) is 60.7 Å². The molecule has 148 valence electrons. The average molecular weight is 414 g/mol. The molecule has 4 rings (SSSR count). The zero-order chi connectivity index (χ0) is 21.1. The molecule has 0 fully saturated rings. The summed E-state index contributed by atoms with van der Waals surface area (Å²) in [5, 5.41) is 10.4. The van der Waals surface area contributed by atoms with Crippen molar-refractivity contribution in [2.45, 2.75) is 20.5 Å². The number of nitrogens with one attached hydrogen (secondary N) is 1. The molecule has 0 radical (unpaired) electrons. The number of aryl methyl sites for hydroxylation is 2. The minimum atomic E-state index is 0.343. The predicted octanol–water partition coefficient (Wildman–Crippen LogP) is 6.48. The van der Waals surface area contributed by atoms with Crippen LogP contribution in [0.2, 0.25) is 5.02 Å². The molecule has 0 bridgehead atoms. The molecule has 5 heteroatoms. The van der Waals surface area contributed by atoms with Gasteiger partial charge >= 0.3 is 0 Å². The SMILES string of the molecule is Cc1cc2nc(/C(C#N)=C/c3ccccc3OCc3ccccc3Cl)[nH]c2cc1C. The zero-order valence-electron chi connectivity index (χ0n) is 16.7. The molecule has 0 spiro atoms. The largest absolute Gasteiger partial charge is 0.488 e. The Kier molecular flexibility index (Phi) is 5.56. The number of hydrogen-bond donors (Lipinski definition) is 1. The molecule has 1 heterocycles. The van der Waals surface area contributed by atoms with Crippen molar-refractivity contribution in [3.05, 3.63) is 93.8 Å². The first-order valence-corrected chi connectivity index (χ1v) is 9.97. The summed E-state index contributed by atoms with van der Waals surface area (Å²) < 4.78 is 6.01. The fourth-order valence-electron chi connectivity index (χ4n) is 3.21. The molecule has 0 aliphatic heterocycles. The summed E-state index contributed by atoms with van der Waals surface area (Å²) in [6.45, 7) is 4.45. The second kappa shape index (κ2) is 8.44. The molecule has 4 nitrogen and oxygen atoms in total. The van der Waals surface area contributed by atoms with Gasteiger partial charge in [0.05, 0.1) is 16.6 Å². The van der Waals surface area contributed by atoms with Gasteiger partial charge in [-0.3, -0.25) is 0 Å². The Morgan fingerprint density at radius 1 is 1.10 bits per heavy atom. The number of halogens is 1. The third kappa shape index (κ3) is 4.07. The number of aromatic amines is 1. The van der Waals surface area contributed by atoms with Crippen molar-refractivity contribution in [1.82, 2.24) is 9.97 Å². The number of nitriles is 1. The molecule has 3 aromatic carbocycles. The third-order valence-corrected chi connectivity index (χ3v) is 5.40. The quantitative estimate of drug-likeness (QED) is 0.381. The Labute approximate surface area is 180 Å². The van der Waals surface area contributed by atoms with Gasteiger partial charge in [0.2, 0.25) is 0 Å². The van der Waals surface area contributed by atoms with E-state index in [2.05, 4.69) is 36.0 Å². The lowest BCUT2D eigenvalue weighted by Gasteiger charge is -2.10. The van der Waals surface area contributed by atoms with Gasteiger partial charge in [-0.25, -0.2) is 4.98 Å². The zero-order valence-corrected chi connectivity index (χ0v) is 17.5. The Morgan fingerprint density at radius 2 is 1.83 bits per heavy atom. The highest BCUT2D eigenvalue weighted by atomic mass is 35.5. The fourth-order valence-corrected chi connectivity index (χ4v) is 3.40. The molecule has 0 aliphatic rings. The van der Waals surface area contributed by atoms with Crippen molar-refractivity contribution in [3.63, 3.8) is 0 Å². The molecular weight excluding hydrogens is 394 g/mol. The van der Waals surface area contributed by atoms with Crippen molar-refractivity contribution in [2.24, 2.45) is 0 Å². The van der Waals surface area contributed by atoms with Crippen molar-refractivity contribution < 1.29 is 4.74 Å². The van der Waals surface area contributed by atoms with E-state index in [1.54, 1.807) is 6.08 Å². The second-order valence-electron chi connectivity index (χ2n) is 7.13. The highest BCUT2D eigenvalue weighted by Crippen LogP contribution is 2.27. The van der Waals surface area contributed by atoms with Crippen molar-refractivity contribution in [1.29, 1.82) is 5.26 Å². The lowest BCUT2D eigenvalue weighted by molar-refractivity contribution is 0.305. The van der Waals surface area contributed by atoms with Gasteiger partial charge in [0, 0.05) is 16.1 Å². The van der Waals surface area contributed by atoms with E-state index in [-0.39, 0.29) is 0 Å². The van der Waals surface area contributed by atoms with Crippen LogP contribution in [0.1, 0.15) is 28.1 Å². The molecule has 0 saturated heterocycles. The van der Waals surface area contributed by atoms with Crippen LogP contribution in [0.4, 0.5) is 0 Å². The van der Waals surface area contributed by atoms with Crippen LogP contribution in [-0.2, 0) is 6.61 Å². The van der Waals surface area contributed by atoms with E-state index in [1.165, 1.54) is 11.1 Å². The number of rotatable bonds is 5. The number of para-hydroxylation sites is 1. The fraction of sp³-hybridized carbons (Fsp3) is 0.120. The van der Waals surface area contributed by atoms with Crippen LogP contribution < -0.4 is 4.74 Å². The van der Waals surface area contributed by atoms with Crippen LogP contribution >= 0.6 is 11.6 Å². The first-order valence-electron chi connectivity index (χ1n) is 9.59. The summed E-state index contributed by atoms with van der Waals surface area (Å²) in [4.78, 5) is 7.87. The summed E-state index contributed by atoms with van der Waals surface area (Å²) in [7, 11) is 0. The van der Waals surface area contributed by atoms with E-state index in [0.717, 1.165) is 22.2 Å². The maximum atomic E-state index is 9.77.